The third kappa shape index (κ3) is 98.9. The zero-order chi connectivity index (χ0) is 21.1. The minimum atomic E-state index is -4.64. The molecule has 0 aliphatic rings. The van der Waals surface area contributed by atoms with Gasteiger partial charge in [0.1, 0.15) is 0 Å². The van der Waals surface area contributed by atoms with Crippen molar-refractivity contribution in [2.24, 2.45) is 5.92 Å². The molecule has 0 saturated heterocycles. The lowest BCUT2D eigenvalue weighted by molar-refractivity contribution is -0.137. The molecule has 0 fully saturated rings. The molecule has 0 aromatic carbocycles. The summed E-state index contributed by atoms with van der Waals surface area (Å²) in [6, 6.07) is 0. The van der Waals surface area contributed by atoms with Crippen molar-refractivity contribution in [3.63, 3.8) is 0 Å². The molecule has 25 heavy (non-hydrogen) atoms. The molecule has 0 heterocycles. The lowest BCUT2D eigenvalue weighted by Crippen LogP contribution is -1.97. The molecule has 0 bridgehead atoms. The number of hydrogen-bond donors (Lipinski definition) is 6. The molecule has 0 radical (unpaired) electrons. The van der Waals surface area contributed by atoms with Crippen LogP contribution < -0.4 is 0 Å². The average molecular weight is 410 g/mol. The van der Waals surface area contributed by atoms with Gasteiger partial charge in [-0.05, 0) is 12.8 Å². The standard InChI is InChI=1S/C8H18.C5H8O2.2H3O4P/c1-4-6-7-8(3)5-2;1-3-5(6)7-4-2;2*1-5(2,3)4/h8H,4-7H2,1-3H3;3H,1,4H2,2H3;2*(H3,1,2,3,4). The summed E-state index contributed by atoms with van der Waals surface area (Å²) < 4.78 is 22.2. The van der Waals surface area contributed by atoms with Crippen molar-refractivity contribution in [2.45, 2.75) is 53.4 Å². The maximum atomic E-state index is 10.1. The molecule has 0 aliphatic carbocycles. The van der Waals surface area contributed by atoms with Gasteiger partial charge in [0.15, 0.2) is 0 Å². The summed E-state index contributed by atoms with van der Waals surface area (Å²) >= 11 is 0. The second-order valence-corrected chi connectivity index (χ2v) is 6.69. The van der Waals surface area contributed by atoms with Gasteiger partial charge >= 0.3 is 21.6 Å². The monoisotopic (exact) mass is 410 g/mol. The van der Waals surface area contributed by atoms with E-state index >= 15 is 0 Å². The minimum Gasteiger partial charge on any atom is -0.463 e. The van der Waals surface area contributed by atoms with Crippen molar-refractivity contribution >= 4 is 21.6 Å². The van der Waals surface area contributed by atoms with E-state index in [1.165, 1.54) is 25.7 Å². The predicted octanol–water partition coefficient (Wildman–Crippen LogP) is 2.10. The number of carbonyl (C=O) groups is 1. The maximum absolute atomic E-state index is 10.1. The quantitative estimate of drug-likeness (QED) is 0.215. The Hall–Kier alpha value is -0.570. The van der Waals surface area contributed by atoms with Gasteiger partial charge in [0, 0.05) is 6.08 Å². The summed E-state index contributed by atoms with van der Waals surface area (Å²) in [4.78, 5) is 53.2. The van der Waals surface area contributed by atoms with Crippen molar-refractivity contribution in [1.29, 1.82) is 0 Å². The van der Waals surface area contributed by atoms with Gasteiger partial charge in [0.2, 0.25) is 0 Å². The zero-order valence-corrected chi connectivity index (χ0v) is 16.9. The molecule has 1 atom stereocenters. The number of phosphoric acid groups is 2. The molecule has 154 valence electrons. The fourth-order valence-corrected chi connectivity index (χ4v) is 0.958. The molecule has 10 nitrogen and oxygen atoms in total. The predicted molar refractivity (Wildman–Crippen MR) is 94.3 cm³/mol. The van der Waals surface area contributed by atoms with Crippen LogP contribution in [-0.2, 0) is 18.7 Å². The Balaban J connectivity index is -0.000000120. The summed E-state index contributed by atoms with van der Waals surface area (Å²) in [5.74, 6) is 0.595. The van der Waals surface area contributed by atoms with E-state index in [-0.39, 0.29) is 5.97 Å². The van der Waals surface area contributed by atoms with E-state index in [9.17, 15) is 4.79 Å². The van der Waals surface area contributed by atoms with E-state index in [2.05, 4.69) is 32.1 Å². The number of hydrogen-bond acceptors (Lipinski definition) is 4. The van der Waals surface area contributed by atoms with Crippen LogP contribution in [0.15, 0.2) is 12.7 Å². The van der Waals surface area contributed by atoms with Gasteiger partial charge in [0.25, 0.3) is 0 Å². The molecule has 0 saturated carbocycles. The van der Waals surface area contributed by atoms with Crippen molar-refractivity contribution < 1.29 is 48.0 Å². The highest BCUT2D eigenvalue weighted by Crippen LogP contribution is 2.26. The molecule has 0 rings (SSSR count). The largest absolute Gasteiger partial charge is 0.466 e. The summed E-state index contributed by atoms with van der Waals surface area (Å²) in [6.07, 6.45) is 6.68. The number of carbonyl (C=O) groups excluding carboxylic acids is 1. The van der Waals surface area contributed by atoms with Crippen LogP contribution in [0.1, 0.15) is 53.4 Å². The zero-order valence-electron chi connectivity index (χ0n) is 15.1. The van der Waals surface area contributed by atoms with Gasteiger partial charge in [-0.3, -0.25) is 0 Å². The highest BCUT2D eigenvalue weighted by molar-refractivity contribution is 7.45. The van der Waals surface area contributed by atoms with Gasteiger partial charge in [-0.25, -0.2) is 13.9 Å². The third-order valence-corrected chi connectivity index (χ3v) is 2.20. The molecule has 0 aromatic rings. The van der Waals surface area contributed by atoms with Crippen LogP contribution in [0, 0.1) is 5.92 Å². The maximum Gasteiger partial charge on any atom is 0.466 e. The second-order valence-electron chi connectivity index (χ2n) is 4.64. The number of unbranched alkanes of at least 4 members (excludes halogenated alkanes) is 1. The first kappa shape index (κ1) is 32.1. The molecule has 0 aliphatic heterocycles. The van der Waals surface area contributed by atoms with Crippen molar-refractivity contribution in [3.8, 4) is 0 Å². The number of ether oxygens (including phenoxy) is 1. The first-order valence-corrected chi connectivity index (χ1v) is 10.6. The van der Waals surface area contributed by atoms with Crippen molar-refractivity contribution in [1.82, 2.24) is 0 Å². The molecule has 0 aromatic heterocycles. The summed E-state index contributed by atoms with van der Waals surface area (Å²) in [7, 11) is -9.28. The average Bonchev–Trinajstić information content (AvgIpc) is 2.42. The van der Waals surface area contributed by atoms with E-state index in [0.29, 0.717) is 6.61 Å². The van der Waals surface area contributed by atoms with Crippen molar-refractivity contribution in [2.75, 3.05) is 6.61 Å². The van der Waals surface area contributed by atoms with Crippen LogP contribution in [-0.4, -0.2) is 41.9 Å². The Labute approximate surface area is 149 Å². The second kappa shape index (κ2) is 19.8. The summed E-state index contributed by atoms with van der Waals surface area (Å²) in [5.41, 5.74) is 0. The highest BCUT2D eigenvalue weighted by atomic mass is 31.2. The van der Waals surface area contributed by atoms with Crippen LogP contribution >= 0.6 is 15.6 Å². The Morgan fingerprint density at radius 2 is 1.40 bits per heavy atom. The first-order valence-electron chi connectivity index (χ1n) is 7.47. The van der Waals surface area contributed by atoms with E-state index < -0.39 is 15.6 Å². The van der Waals surface area contributed by atoms with E-state index in [0.717, 1.165) is 12.0 Å². The lowest BCUT2D eigenvalue weighted by atomic mass is 10.0. The highest BCUT2D eigenvalue weighted by Gasteiger charge is 2.00. The molecule has 12 heteroatoms. The molecule has 1 unspecified atom stereocenters. The van der Waals surface area contributed by atoms with Gasteiger partial charge in [-0.1, -0.05) is 53.0 Å². The van der Waals surface area contributed by atoms with Gasteiger partial charge in [0.05, 0.1) is 6.61 Å². The summed E-state index contributed by atoms with van der Waals surface area (Å²) in [6.45, 7) is 12.2. The van der Waals surface area contributed by atoms with Crippen molar-refractivity contribution in [3.05, 3.63) is 12.7 Å². The number of rotatable bonds is 6. The van der Waals surface area contributed by atoms with Crippen LogP contribution in [0.5, 0.6) is 0 Å². The Kier molecular flexibility index (Phi) is 25.4. The Bertz CT molecular complexity index is 365. The Morgan fingerprint density at radius 3 is 1.56 bits per heavy atom. The Morgan fingerprint density at radius 1 is 1.04 bits per heavy atom. The lowest BCUT2D eigenvalue weighted by Gasteiger charge is -2.04. The summed E-state index contributed by atoms with van der Waals surface area (Å²) in [5, 5.41) is 0. The number of esters is 1. The molecule has 6 N–H and O–H groups in total. The topological polar surface area (TPSA) is 182 Å². The minimum absolute atomic E-state index is 0.359. The van der Waals surface area contributed by atoms with Gasteiger partial charge in [-0.15, -0.1) is 0 Å². The molecule has 0 spiro atoms. The van der Waals surface area contributed by atoms with Crippen LogP contribution in [0.4, 0.5) is 0 Å². The van der Waals surface area contributed by atoms with Gasteiger partial charge in [-0.2, -0.15) is 0 Å². The van der Waals surface area contributed by atoms with Crippen LogP contribution in [0.25, 0.3) is 0 Å². The SMILES string of the molecule is C=CC(=O)OCC.CCCCC(C)CC.O=P(O)(O)O.O=P(O)(O)O. The molecule has 0 amide bonds. The fourth-order valence-electron chi connectivity index (χ4n) is 0.958. The van der Waals surface area contributed by atoms with Crippen LogP contribution in [0.2, 0.25) is 0 Å². The smallest absolute Gasteiger partial charge is 0.463 e. The molecular weight excluding hydrogens is 378 g/mol. The van der Waals surface area contributed by atoms with E-state index in [1.54, 1.807) is 6.92 Å². The van der Waals surface area contributed by atoms with Crippen LogP contribution in [0.3, 0.4) is 0 Å². The fraction of sp³-hybridized carbons (Fsp3) is 0.769. The first-order chi connectivity index (χ1) is 11.1. The van der Waals surface area contributed by atoms with E-state index in [1.807, 2.05) is 0 Å². The van der Waals surface area contributed by atoms with E-state index in [4.69, 9.17) is 38.5 Å². The normalized spacial score (nSPS) is 11.3. The van der Waals surface area contributed by atoms with Gasteiger partial charge < -0.3 is 34.1 Å². The third-order valence-electron chi connectivity index (χ3n) is 2.20. The molecular formula is C13H32O10P2.